The number of rotatable bonds is 1. The highest BCUT2D eigenvalue weighted by molar-refractivity contribution is 5.94. The second-order valence-corrected chi connectivity index (χ2v) is 2.45. The Hall–Kier alpha value is -1.82. The fraction of sp³-hybridized carbons (Fsp3) is 0.111. The van der Waals surface area contributed by atoms with Crippen LogP contribution in [0.15, 0.2) is 18.2 Å². The van der Waals surface area contributed by atoms with Crippen molar-refractivity contribution in [2.75, 3.05) is 0 Å². The maximum Gasteiger partial charge on any atom is 0.249 e. The van der Waals surface area contributed by atoms with Gasteiger partial charge >= 0.3 is 0 Å². The molecule has 0 atom stereocenters. The van der Waals surface area contributed by atoms with Crippen molar-refractivity contribution in [1.29, 1.82) is 5.26 Å². The standard InChI is InChI=1S/C9H8N2O/c1-6-7(5-10)3-2-4-8(6)9(11)12/h2-4H,1H3,(H2,11,12). The van der Waals surface area contributed by atoms with E-state index in [-0.39, 0.29) is 0 Å². The van der Waals surface area contributed by atoms with Gasteiger partial charge in [-0.1, -0.05) is 6.07 Å². The third-order valence-corrected chi connectivity index (χ3v) is 1.72. The molecule has 3 nitrogen and oxygen atoms in total. The number of benzene rings is 1. The van der Waals surface area contributed by atoms with Gasteiger partial charge in [0, 0.05) is 5.56 Å². The van der Waals surface area contributed by atoms with Gasteiger partial charge in [-0.3, -0.25) is 4.79 Å². The van der Waals surface area contributed by atoms with E-state index in [9.17, 15) is 4.79 Å². The van der Waals surface area contributed by atoms with Crippen molar-refractivity contribution < 1.29 is 4.79 Å². The van der Waals surface area contributed by atoms with Gasteiger partial charge in [-0.2, -0.15) is 5.26 Å². The Morgan fingerprint density at radius 3 is 2.75 bits per heavy atom. The summed E-state index contributed by atoms with van der Waals surface area (Å²) < 4.78 is 0. The molecule has 1 amide bonds. The first-order valence-electron chi connectivity index (χ1n) is 3.46. The summed E-state index contributed by atoms with van der Waals surface area (Å²) in [6.45, 7) is 1.71. The molecular formula is C9H8N2O. The van der Waals surface area contributed by atoms with E-state index in [2.05, 4.69) is 0 Å². The first-order valence-corrected chi connectivity index (χ1v) is 3.46. The molecule has 0 saturated heterocycles. The summed E-state index contributed by atoms with van der Waals surface area (Å²) in [4.78, 5) is 10.8. The van der Waals surface area contributed by atoms with Crippen LogP contribution in [0.3, 0.4) is 0 Å². The molecule has 0 aliphatic carbocycles. The van der Waals surface area contributed by atoms with Crippen molar-refractivity contribution >= 4 is 5.91 Å². The fourth-order valence-corrected chi connectivity index (χ4v) is 1.02. The van der Waals surface area contributed by atoms with E-state index in [0.717, 1.165) is 0 Å². The molecule has 0 unspecified atom stereocenters. The number of hydrogen-bond acceptors (Lipinski definition) is 2. The molecule has 60 valence electrons. The Labute approximate surface area is 70.4 Å². The highest BCUT2D eigenvalue weighted by Gasteiger charge is 2.06. The monoisotopic (exact) mass is 160 g/mol. The highest BCUT2D eigenvalue weighted by Crippen LogP contribution is 2.11. The van der Waals surface area contributed by atoms with Crippen LogP contribution in [-0.2, 0) is 0 Å². The van der Waals surface area contributed by atoms with Crippen molar-refractivity contribution in [3.8, 4) is 6.07 Å². The normalized spacial score (nSPS) is 9.00. The predicted octanol–water partition coefficient (Wildman–Crippen LogP) is 0.966. The van der Waals surface area contributed by atoms with Gasteiger partial charge in [0.05, 0.1) is 11.6 Å². The van der Waals surface area contributed by atoms with E-state index in [4.69, 9.17) is 11.0 Å². The molecule has 0 aromatic heterocycles. The summed E-state index contributed by atoms with van der Waals surface area (Å²) >= 11 is 0. The molecule has 0 aliphatic heterocycles. The third-order valence-electron chi connectivity index (χ3n) is 1.72. The van der Waals surface area contributed by atoms with Gasteiger partial charge in [-0.05, 0) is 24.6 Å². The lowest BCUT2D eigenvalue weighted by molar-refractivity contribution is 0.0999. The lowest BCUT2D eigenvalue weighted by Gasteiger charge is -2.01. The summed E-state index contributed by atoms with van der Waals surface area (Å²) in [7, 11) is 0. The average Bonchev–Trinajstić information content (AvgIpc) is 2.04. The Morgan fingerprint density at radius 1 is 1.58 bits per heavy atom. The second-order valence-electron chi connectivity index (χ2n) is 2.45. The third kappa shape index (κ3) is 1.28. The topological polar surface area (TPSA) is 66.9 Å². The Morgan fingerprint density at radius 2 is 2.25 bits per heavy atom. The van der Waals surface area contributed by atoms with Gasteiger partial charge in [-0.15, -0.1) is 0 Å². The van der Waals surface area contributed by atoms with E-state index in [1.807, 2.05) is 6.07 Å². The number of nitriles is 1. The van der Waals surface area contributed by atoms with Crippen LogP contribution in [0.25, 0.3) is 0 Å². The molecule has 0 radical (unpaired) electrons. The van der Waals surface area contributed by atoms with Crippen molar-refractivity contribution in [3.05, 3.63) is 34.9 Å². The fourth-order valence-electron chi connectivity index (χ4n) is 1.02. The Kier molecular flexibility index (Phi) is 2.11. The molecule has 1 rings (SSSR count). The van der Waals surface area contributed by atoms with Crippen molar-refractivity contribution in [2.45, 2.75) is 6.92 Å². The SMILES string of the molecule is Cc1c(C#N)cccc1C(N)=O. The molecule has 0 bridgehead atoms. The van der Waals surface area contributed by atoms with Crippen LogP contribution in [0.4, 0.5) is 0 Å². The summed E-state index contributed by atoms with van der Waals surface area (Å²) in [5, 5.41) is 8.62. The molecule has 2 N–H and O–H groups in total. The van der Waals surface area contributed by atoms with E-state index < -0.39 is 5.91 Å². The van der Waals surface area contributed by atoms with E-state index in [1.165, 1.54) is 0 Å². The summed E-state index contributed by atoms with van der Waals surface area (Å²) in [6.07, 6.45) is 0. The van der Waals surface area contributed by atoms with Crippen LogP contribution < -0.4 is 5.73 Å². The largest absolute Gasteiger partial charge is 0.366 e. The van der Waals surface area contributed by atoms with Crippen LogP contribution in [0.5, 0.6) is 0 Å². The molecule has 0 aliphatic rings. The number of carbonyl (C=O) groups excluding carboxylic acids is 1. The van der Waals surface area contributed by atoms with E-state index in [0.29, 0.717) is 16.7 Å². The number of nitrogens with two attached hydrogens (primary N) is 1. The minimum absolute atomic E-state index is 0.411. The molecule has 3 heteroatoms. The van der Waals surface area contributed by atoms with Gasteiger partial charge in [0.25, 0.3) is 0 Å². The number of hydrogen-bond donors (Lipinski definition) is 1. The smallest absolute Gasteiger partial charge is 0.249 e. The first kappa shape index (κ1) is 8.28. The minimum Gasteiger partial charge on any atom is -0.366 e. The van der Waals surface area contributed by atoms with E-state index in [1.54, 1.807) is 25.1 Å². The minimum atomic E-state index is -0.496. The molecule has 1 aromatic rings. The zero-order valence-electron chi connectivity index (χ0n) is 6.66. The maximum absolute atomic E-state index is 10.8. The van der Waals surface area contributed by atoms with Crippen LogP contribution in [0.1, 0.15) is 21.5 Å². The molecule has 0 fully saturated rings. The van der Waals surface area contributed by atoms with Crippen molar-refractivity contribution in [3.63, 3.8) is 0 Å². The number of carbonyl (C=O) groups is 1. The van der Waals surface area contributed by atoms with Crippen LogP contribution in [0.2, 0.25) is 0 Å². The lowest BCUT2D eigenvalue weighted by Crippen LogP contribution is -2.13. The zero-order chi connectivity index (χ0) is 9.14. The molecule has 1 aromatic carbocycles. The number of primary amides is 1. The number of nitrogens with zero attached hydrogens (tertiary/aromatic N) is 1. The summed E-state index contributed by atoms with van der Waals surface area (Å²) in [5.74, 6) is -0.496. The second kappa shape index (κ2) is 3.05. The lowest BCUT2D eigenvalue weighted by atomic mass is 10.0. The number of amides is 1. The van der Waals surface area contributed by atoms with Crippen molar-refractivity contribution in [1.82, 2.24) is 0 Å². The molecule has 12 heavy (non-hydrogen) atoms. The van der Waals surface area contributed by atoms with Crippen LogP contribution in [0, 0.1) is 18.3 Å². The predicted molar refractivity (Wildman–Crippen MR) is 44.4 cm³/mol. The summed E-state index contributed by atoms with van der Waals surface area (Å²) in [6, 6.07) is 6.89. The first-order chi connectivity index (χ1) is 5.66. The van der Waals surface area contributed by atoms with Gasteiger partial charge in [0.1, 0.15) is 0 Å². The van der Waals surface area contributed by atoms with Gasteiger partial charge < -0.3 is 5.73 Å². The summed E-state index contributed by atoms with van der Waals surface area (Å²) in [5.41, 5.74) is 6.64. The van der Waals surface area contributed by atoms with E-state index >= 15 is 0 Å². The Bertz CT molecular complexity index is 363. The molecule has 0 saturated carbocycles. The Balaban J connectivity index is 3.35. The average molecular weight is 160 g/mol. The molecular weight excluding hydrogens is 152 g/mol. The zero-order valence-corrected chi connectivity index (χ0v) is 6.66. The van der Waals surface area contributed by atoms with Gasteiger partial charge in [-0.25, -0.2) is 0 Å². The molecule has 0 heterocycles. The van der Waals surface area contributed by atoms with Crippen LogP contribution in [-0.4, -0.2) is 5.91 Å². The maximum atomic E-state index is 10.8. The van der Waals surface area contributed by atoms with Crippen LogP contribution >= 0.6 is 0 Å². The van der Waals surface area contributed by atoms with Gasteiger partial charge in [0.2, 0.25) is 5.91 Å². The van der Waals surface area contributed by atoms with Gasteiger partial charge in [0.15, 0.2) is 0 Å². The van der Waals surface area contributed by atoms with Crippen molar-refractivity contribution in [2.24, 2.45) is 5.73 Å². The molecule has 0 spiro atoms. The quantitative estimate of drug-likeness (QED) is 0.665. The highest BCUT2D eigenvalue weighted by atomic mass is 16.1.